The van der Waals surface area contributed by atoms with Crippen molar-refractivity contribution >= 4 is 11.8 Å². The van der Waals surface area contributed by atoms with E-state index >= 15 is 9.59 Å². The van der Waals surface area contributed by atoms with E-state index in [0.29, 0.717) is 69.2 Å². The van der Waals surface area contributed by atoms with Crippen LogP contribution in [0.2, 0.25) is 0 Å². The first-order valence-corrected chi connectivity index (χ1v) is 20.4. The van der Waals surface area contributed by atoms with E-state index in [1.165, 1.54) is 28.4 Å². The lowest BCUT2D eigenvalue weighted by Crippen LogP contribution is -2.56. The second-order valence-electron chi connectivity index (χ2n) is 15.3. The van der Waals surface area contributed by atoms with Gasteiger partial charge in [-0.05, 0) is 48.2 Å². The highest BCUT2D eigenvalue weighted by Gasteiger charge is 2.54. The van der Waals surface area contributed by atoms with Crippen molar-refractivity contribution in [3.05, 3.63) is 191 Å². The van der Waals surface area contributed by atoms with Gasteiger partial charge in [0.2, 0.25) is 11.8 Å². The summed E-state index contributed by atoms with van der Waals surface area (Å²) < 4.78 is 23.4. The van der Waals surface area contributed by atoms with E-state index in [0.717, 1.165) is 0 Å². The van der Waals surface area contributed by atoms with E-state index in [4.69, 9.17) is 18.9 Å². The molecule has 1 saturated carbocycles. The smallest absolute Gasteiger partial charge is 0.236 e. The third-order valence-corrected chi connectivity index (χ3v) is 12.0. The number of benzene rings is 6. The third-order valence-electron chi connectivity index (χ3n) is 12.0. The number of aliphatic hydroxyl groups is 2. The zero-order valence-corrected chi connectivity index (χ0v) is 34.8. The summed E-state index contributed by atoms with van der Waals surface area (Å²) in [5, 5.41) is 33.5. The first kappa shape index (κ1) is 42.5. The molecular weight excluding hydrogens is 769 g/mol. The predicted octanol–water partition coefficient (Wildman–Crippen LogP) is 8.17. The first-order valence-electron chi connectivity index (χ1n) is 20.4. The molecule has 0 aliphatic heterocycles. The Morgan fingerprint density at radius 3 is 1.00 bits per heavy atom. The fourth-order valence-electron chi connectivity index (χ4n) is 8.97. The Bertz CT molecular complexity index is 2170. The second kappa shape index (κ2) is 18.3. The summed E-state index contributed by atoms with van der Waals surface area (Å²) in [6.07, 6.45) is 1.63. The molecule has 0 aromatic heterocycles. The minimum atomic E-state index is -1.99. The minimum Gasteiger partial charge on any atom is -0.496 e. The van der Waals surface area contributed by atoms with Gasteiger partial charge < -0.3 is 39.8 Å². The number of amides is 2. The van der Waals surface area contributed by atoms with Crippen molar-refractivity contribution in [1.29, 1.82) is 0 Å². The first-order chi connectivity index (χ1) is 29.7. The van der Waals surface area contributed by atoms with Crippen LogP contribution in [0.15, 0.2) is 158 Å². The molecule has 0 unspecified atom stereocenters. The van der Waals surface area contributed by atoms with Gasteiger partial charge in [0, 0.05) is 22.3 Å². The number of methoxy groups -OCH3 is 4. The fourth-order valence-corrected chi connectivity index (χ4v) is 8.97. The maximum absolute atomic E-state index is 15.5. The molecule has 2 amide bonds. The number of nitrogens with one attached hydrogen (secondary N) is 2. The molecule has 0 saturated heterocycles. The number of rotatable bonds is 16. The van der Waals surface area contributed by atoms with Gasteiger partial charge in [-0.3, -0.25) is 9.59 Å². The summed E-state index contributed by atoms with van der Waals surface area (Å²) in [4.78, 5) is 30.9. The Hall–Kier alpha value is -6.62. The quantitative estimate of drug-likeness (QED) is 0.0719. The standard InChI is InChI=1S/C51H52N2O8/c1-58-41-29-15-11-25-37(41)50(56,38-26-12-16-30-42(38)59-2)45(35-21-7-5-8-22-35)52-47(54)49(33-19-20-34-49)48(55)53-46(36-23-9-6-10-24-36)51(57,39-27-13-17-31-43(39)60-3)40-28-14-18-32-44(40)61-4/h5-18,21-32,45-46,56-57H,19-20,33-34H2,1-4H3,(H,52,54)(H,53,55)/t45-,46-/m1/s1. The van der Waals surface area contributed by atoms with Gasteiger partial charge in [0.05, 0.1) is 40.5 Å². The monoisotopic (exact) mass is 820 g/mol. The molecular formula is C51H52N2O8. The Balaban J connectivity index is 1.38. The van der Waals surface area contributed by atoms with E-state index in [9.17, 15) is 10.2 Å². The Kier molecular flexibility index (Phi) is 12.8. The van der Waals surface area contributed by atoms with E-state index in [1.807, 2.05) is 60.7 Å². The van der Waals surface area contributed by atoms with Gasteiger partial charge in [0.25, 0.3) is 0 Å². The Morgan fingerprint density at radius 1 is 0.459 bits per heavy atom. The van der Waals surface area contributed by atoms with Crippen LogP contribution >= 0.6 is 0 Å². The van der Waals surface area contributed by atoms with E-state index in [-0.39, 0.29) is 12.8 Å². The maximum atomic E-state index is 15.5. The molecule has 0 radical (unpaired) electrons. The van der Waals surface area contributed by atoms with Gasteiger partial charge in [-0.25, -0.2) is 0 Å². The third kappa shape index (κ3) is 7.80. The van der Waals surface area contributed by atoms with Gasteiger partial charge in [-0.15, -0.1) is 0 Å². The zero-order valence-electron chi connectivity index (χ0n) is 34.8. The lowest BCUT2D eigenvalue weighted by atomic mass is 9.74. The molecule has 1 fully saturated rings. The number of carbonyl (C=O) groups is 2. The van der Waals surface area contributed by atoms with Gasteiger partial charge in [-0.2, -0.15) is 0 Å². The zero-order chi connectivity index (χ0) is 43.0. The van der Waals surface area contributed by atoms with Crippen LogP contribution in [0.3, 0.4) is 0 Å². The van der Waals surface area contributed by atoms with Crippen LogP contribution in [-0.4, -0.2) is 50.5 Å². The van der Waals surface area contributed by atoms with Crippen molar-refractivity contribution in [3.8, 4) is 23.0 Å². The van der Waals surface area contributed by atoms with E-state index in [1.54, 1.807) is 97.1 Å². The van der Waals surface area contributed by atoms with Crippen molar-refractivity contribution in [2.75, 3.05) is 28.4 Å². The topological polar surface area (TPSA) is 136 Å². The van der Waals surface area contributed by atoms with Gasteiger partial charge in [-0.1, -0.05) is 146 Å². The van der Waals surface area contributed by atoms with Crippen molar-refractivity contribution < 1.29 is 38.7 Å². The Labute approximate surface area is 357 Å². The summed E-state index contributed by atoms with van der Waals surface area (Å²) >= 11 is 0. The molecule has 0 spiro atoms. The summed E-state index contributed by atoms with van der Waals surface area (Å²) in [5.41, 5.74) is -2.94. The molecule has 10 heteroatoms. The average molecular weight is 821 g/mol. The molecule has 2 atom stereocenters. The van der Waals surface area contributed by atoms with Crippen molar-refractivity contribution in [2.45, 2.75) is 49.0 Å². The number of ether oxygens (including phenoxy) is 4. The van der Waals surface area contributed by atoms with E-state index in [2.05, 4.69) is 10.6 Å². The fraction of sp³-hybridized carbons (Fsp3) is 0.255. The summed E-state index contributed by atoms with van der Waals surface area (Å²) in [6, 6.07) is 44.4. The molecule has 0 heterocycles. The lowest BCUT2D eigenvalue weighted by Gasteiger charge is -2.42. The summed E-state index contributed by atoms with van der Waals surface area (Å²) in [7, 11) is 6.09. The molecule has 1 aliphatic carbocycles. The van der Waals surface area contributed by atoms with Crippen molar-refractivity contribution in [1.82, 2.24) is 10.6 Å². The maximum Gasteiger partial charge on any atom is 0.236 e. The SMILES string of the molecule is COc1ccccc1C(O)(c1ccccc1OC)[C@H](NC(=O)C1(C(=O)N[C@H](c2ccccc2)C(O)(c2ccccc2OC)c2ccccc2OC)CCCC1)c1ccccc1. The molecule has 61 heavy (non-hydrogen) atoms. The van der Waals surface area contributed by atoms with Gasteiger partial charge in [0.1, 0.15) is 39.6 Å². The molecule has 6 aromatic carbocycles. The number of hydrogen-bond acceptors (Lipinski definition) is 8. The molecule has 314 valence electrons. The van der Waals surface area contributed by atoms with Crippen LogP contribution in [-0.2, 0) is 20.8 Å². The number of para-hydroxylation sites is 4. The normalized spacial score (nSPS) is 14.6. The van der Waals surface area contributed by atoms with Crippen molar-refractivity contribution in [3.63, 3.8) is 0 Å². The van der Waals surface area contributed by atoms with Crippen LogP contribution < -0.4 is 29.6 Å². The van der Waals surface area contributed by atoms with Crippen molar-refractivity contribution in [2.24, 2.45) is 5.41 Å². The lowest BCUT2D eigenvalue weighted by molar-refractivity contribution is -0.146. The van der Waals surface area contributed by atoms with E-state index < -0.39 is 40.5 Å². The molecule has 10 nitrogen and oxygen atoms in total. The molecule has 6 aromatic rings. The van der Waals surface area contributed by atoms with Gasteiger partial charge in [0.15, 0.2) is 0 Å². The number of hydrogen-bond donors (Lipinski definition) is 4. The molecule has 7 rings (SSSR count). The van der Waals surface area contributed by atoms with Crippen LogP contribution in [0, 0.1) is 5.41 Å². The van der Waals surface area contributed by atoms with Crippen LogP contribution in [0.4, 0.5) is 0 Å². The van der Waals surface area contributed by atoms with Crippen LogP contribution in [0.25, 0.3) is 0 Å². The largest absolute Gasteiger partial charge is 0.496 e. The average Bonchev–Trinajstić information content (AvgIpc) is 3.84. The van der Waals surface area contributed by atoms with Crippen LogP contribution in [0.1, 0.15) is 71.1 Å². The minimum absolute atomic E-state index is 0.219. The second-order valence-corrected chi connectivity index (χ2v) is 15.3. The highest BCUT2D eigenvalue weighted by atomic mass is 16.5. The molecule has 1 aliphatic rings. The Morgan fingerprint density at radius 2 is 0.721 bits per heavy atom. The number of carbonyl (C=O) groups excluding carboxylic acids is 2. The van der Waals surface area contributed by atoms with Crippen LogP contribution in [0.5, 0.6) is 23.0 Å². The highest BCUT2D eigenvalue weighted by Crippen LogP contribution is 2.51. The summed E-state index contributed by atoms with van der Waals surface area (Å²) in [6.45, 7) is 0. The molecule has 0 bridgehead atoms. The molecule has 4 N–H and O–H groups in total. The van der Waals surface area contributed by atoms with Gasteiger partial charge >= 0.3 is 0 Å². The predicted molar refractivity (Wildman–Crippen MR) is 234 cm³/mol. The summed E-state index contributed by atoms with van der Waals surface area (Å²) in [5.74, 6) is 0.386. The highest BCUT2D eigenvalue weighted by molar-refractivity contribution is 6.05.